The number of aliphatic hydroxyl groups excluding tert-OH is 1. The molecule has 0 saturated carbocycles. The van der Waals surface area contributed by atoms with E-state index in [9.17, 15) is 57.5 Å². The molecule has 7 aliphatic rings. The van der Waals surface area contributed by atoms with Crippen molar-refractivity contribution >= 4 is 53.6 Å². The first-order valence-corrected chi connectivity index (χ1v) is 44.0. The fraction of sp³-hybridized carbons (Fsp3) is 0.370. The van der Waals surface area contributed by atoms with Crippen molar-refractivity contribution in [1.29, 1.82) is 0 Å². The molecule has 0 aromatic carbocycles. The number of aliphatic imine (C=N–C) groups is 1. The number of aromatic nitrogens is 10. The summed E-state index contributed by atoms with van der Waals surface area (Å²) in [5.74, 6) is -3.70. The Labute approximate surface area is 1160 Å². The van der Waals surface area contributed by atoms with Gasteiger partial charge in [0.1, 0.15) is 74.9 Å². The van der Waals surface area contributed by atoms with Gasteiger partial charge in [-0.3, -0.25) is 43.7 Å². The monoisotopic (exact) mass is 2500 g/mol. The summed E-state index contributed by atoms with van der Waals surface area (Å²) < 4.78 is 57.1. The molecule has 150 heavy (non-hydrogen) atoms. The number of ether oxygens (including phenoxy) is 10. The number of carboxylic acid groups (broad SMARTS) is 3. The summed E-state index contributed by atoms with van der Waals surface area (Å²) in [7, 11) is 9.15. The van der Waals surface area contributed by atoms with Crippen molar-refractivity contribution in [1.82, 2.24) is 53.1 Å². The largest absolute Gasteiger partial charge is 1.00 e. The Kier molecular flexibility index (Phi) is 71.0. The number of aliphatic hydroxyl groups is 1. The molecule has 50 heteroatoms. The second kappa shape index (κ2) is 71.4. The van der Waals surface area contributed by atoms with Crippen LogP contribution in [0.15, 0.2) is 133 Å². The molecule has 0 spiro atoms. The summed E-state index contributed by atoms with van der Waals surface area (Å²) in [5.41, 5.74) is 10.4. The van der Waals surface area contributed by atoms with Crippen LogP contribution in [0.2, 0.25) is 0 Å². The van der Waals surface area contributed by atoms with Crippen molar-refractivity contribution in [3.8, 4) is 80.8 Å². The van der Waals surface area contributed by atoms with E-state index in [-0.39, 0.29) is 501 Å². The third-order valence-electron chi connectivity index (χ3n) is 22.3. The Bertz CT molecular complexity index is 6340. The number of fused-ring (bicyclic) bond motifs is 16. The Hall–Kier alpha value is -5.04. The fourth-order valence-corrected chi connectivity index (χ4v) is 15.7. The molecule has 0 saturated heterocycles. The number of esters is 3. The molecule has 10 aromatic rings. The molecule has 7 atom stereocenters. The predicted octanol–water partition coefficient (Wildman–Crippen LogP) is -8.51. The van der Waals surface area contributed by atoms with Crippen LogP contribution < -0.4 is 399 Å². The molecule has 17 heterocycles. The van der Waals surface area contributed by atoms with Crippen LogP contribution in [0.25, 0.3) is 45.6 Å². The minimum Gasteiger partial charge on any atom is -0.870 e. The number of carbonyl (C=O) groups excluding carboxylic acids is 5. The van der Waals surface area contributed by atoms with Gasteiger partial charge < -0.3 is 124 Å². The third-order valence-corrected chi connectivity index (χ3v) is 22.3. The van der Waals surface area contributed by atoms with Gasteiger partial charge in [0, 0.05) is 139 Å². The van der Waals surface area contributed by atoms with Gasteiger partial charge in [0.25, 0.3) is 0 Å². The fourth-order valence-electron chi connectivity index (χ4n) is 15.7. The maximum absolute atomic E-state index is 12.4. The van der Waals surface area contributed by atoms with Crippen molar-refractivity contribution in [3.63, 3.8) is 0 Å². The Morgan fingerprint density at radius 1 is 0.393 bits per heavy atom. The Balaban J connectivity index is -0.00000166. The van der Waals surface area contributed by atoms with Crippen molar-refractivity contribution in [2.75, 3.05) is 75.7 Å². The summed E-state index contributed by atoms with van der Waals surface area (Å²) in [6, 6.07) is 34.7. The van der Waals surface area contributed by atoms with E-state index in [1.807, 2.05) is 55.4 Å². The van der Waals surface area contributed by atoms with Gasteiger partial charge in [-0.25, -0.2) is 85.1 Å². The third kappa shape index (κ3) is 38.1. The molecule has 5 unspecified atom stereocenters. The van der Waals surface area contributed by atoms with Crippen molar-refractivity contribution in [2.24, 2.45) is 4.99 Å². The average molecular weight is 2510 g/mol. The van der Waals surface area contributed by atoms with Crippen LogP contribution in [0.5, 0.6) is 35.3 Å². The zero-order valence-electron chi connectivity index (χ0n) is 88.2. The molecular formula is C100H112N12O32Rb6-6. The van der Waals surface area contributed by atoms with Gasteiger partial charge in [-0.05, 0) is 88.8 Å². The molecule has 10 aromatic heterocycles. The Morgan fingerprint density at radius 3 is 1.01 bits per heavy atom. The summed E-state index contributed by atoms with van der Waals surface area (Å²) in [4.78, 5) is 172. The van der Waals surface area contributed by atoms with E-state index < -0.39 is 52.1 Å². The quantitative estimate of drug-likeness (QED) is 0.0118. The van der Waals surface area contributed by atoms with Gasteiger partial charge in [0.2, 0.25) is 0 Å². The number of hydrogen-bond donors (Lipinski definition) is 4. The van der Waals surface area contributed by atoms with Crippen molar-refractivity contribution in [2.45, 2.75) is 170 Å². The summed E-state index contributed by atoms with van der Waals surface area (Å²) >= 11 is 0. The number of ketones is 2. The first-order valence-electron chi connectivity index (χ1n) is 44.0. The number of aromatic carboxylic acids is 3. The van der Waals surface area contributed by atoms with E-state index in [2.05, 4.69) is 89.9 Å². The molecule has 776 valence electrons. The molecule has 0 aliphatic carbocycles. The van der Waals surface area contributed by atoms with E-state index in [4.69, 9.17) is 63.1 Å². The molecule has 10 N–H and O–H groups in total. The number of pyridine rings is 10. The van der Waals surface area contributed by atoms with E-state index in [1.165, 1.54) is 83.8 Å². The molecular weight excluding hydrogens is 2390 g/mol. The topological polar surface area (TPSA) is 671 Å². The number of carbonyl (C=O) groups is 8. The molecule has 0 fully saturated rings. The number of rotatable bonds is 18. The second-order valence-corrected chi connectivity index (χ2v) is 31.8. The molecule has 0 radical (unpaired) electrons. The number of Topliss-reactive ketones (excluding diaryl/α,β-unsaturated/α-hetero) is 2. The standard InChI is InChI=1S/C17H19N2O4.C17H17N2O4.3C15H13N2O4.C10H11N2O.C9H14O4.C2H6O.6H2O.6Rb/c2*1-4-23-17(21)12-9-19-10(2)7-11-5-6-15(22-3)18-16(11)13(19)8-14(12)20;3*1-8-5-9-3-4-13(21-2)16-14(9)11-6-12(18)10(15(19)20)7-17(8)11;1-7-5-8-3-4-10(13-2)12-9(8)6-11-7;1-4-12-6-8(7(3)10)9(11)13-5-2;1-2-3;;;;;;;;;;;;/h5,9-10,13H,4,7-8H2,1-3H3;5,8-10H,4,7H2,1-3H3;3*3,6-8H,5H2,1-2H3,(H,19,20);3,6-7H,5H2,1-2H3;6H,4-5H2,1-3H3;3H,2H2,1H3;6*1H2;;;;;;/q6*-1;;;;;;;;;6*+1/p-6/b;;;;;;8-6+;;;;;;;;;;;;;/t;;2*8-;;;;;;;;;;;;;;;;/m..10................/s1. The van der Waals surface area contributed by atoms with Crippen LogP contribution in [0, 0.1) is 36.4 Å². The van der Waals surface area contributed by atoms with Crippen molar-refractivity contribution in [3.05, 3.63) is 253 Å². The molecule has 0 bridgehead atoms. The predicted molar refractivity (Wildman–Crippen MR) is 511 cm³/mol. The second-order valence-electron chi connectivity index (χ2n) is 31.8. The molecule has 44 nitrogen and oxygen atoms in total. The van der Waals surface area contributed by atoms with Crippen molar-refractivity contribution < 1.29 is 488 Å². The minimum absolute atomic E-state index is 0. The van der Waals surface area contributed by atoms with Gasteiger partial charge in [-0.15, -0.1) is 0 Å². The van der Waals surface area contributed by atoms with Gasteiger partial charge in [0.05, 0.1) is 97.9 Å². The maximum Gasteiger partial charge on any atom is 1.00 e. The van der Waals surface area contributed by atoms with Crippen LogP contribution in [0.4, 0.5) is 0 Å². The van der Waals surface area contributed by atoms with Crippen LogP contribution in [-0.4, -0.2) is 248 Å². The van der Waals surface area contributed by atoms with E-state index >= 15 is 0 Å². The van der Waals surface area contributed by atoms with Crippen LogP contribution in [-0.2, 0) is 76.7 Å². The molecule has 17 rings (SSSR count). The van der Waals surface area contributed by atoms with E-state index in [0.717, 1.165) is 64.7 Å². The SMILES string of the molecule is CCO.CCO/C=C(\C(C)=O)C(=O)OCC.CCOC(=O)C1=CN2C(C)Cc3c[c-]c(OC)nc3C2CC1=O.CCOC(=O)c1cn2c(cc1=O)-c1nc(OC)[c-]cc1CC2C.COc1[c-]cc2c(n1)-c1cc(=O)c(C(=O)O)cn1C(C)C2.COc1[c-]cc2c(n1)-c1cc(=O)c(C(=O)O)cn1[C@@H](C)C2.COc1[c-]cc2c(n1)-c1cc(=O)c(C(=O)O)cn1[C@H](C)C2.COc1[c-]cc2c(n1)C=NC(C)C2.[OH-].[OH-].[OH-].[OH-].[OH-].[OH-].[Rb+].[Rb+].[Rb+].[Rb+].[Rb+].[Rb+]. The number of carboxylic acids is 3. The minimum atomic E-state index is -1.22. The number of methoxy groups -OCH3 is 6. The Morgan fingerprint density at radius 2 is 0.693 bits per heavy atom. The maximum atomic E-state index is 12.4. The zero-order chi connectivity index (χ0) is 101. The zero-order valence-corrected chi connectivity index (χ0v) is 118. The van der Waals surface area contributed by atoms with E-state index in [1.54, 1.807) is 99.4 Å². The van der Waals surface area contributed by atoms with Crippen LogP contribution >= 0.6 is 0 Å². The van der Waals surface area contributed by atoms with Gasteiger partial charge in [-0.2, -0.15) is 69.8 Å². The van der Waals surface area contributed by atoms with E-state index in [0.29, 0.717) is 113 Å². The normalized spacial score (nSPS) is 15.4. The summed E-state index contributed by atoms with van der Waals surface area (Å²) in [6.07, 6.45) is 15.0. The molecule has 0 amide bonds. The average Bonchev–Trinajstić information content (AvgIpc) is 0.777. The van der Waals surface area contributed by atoms with Crippen LogP contribution in [0.3, 0.4) is 0 Å². The smallest absolute Gasteiger partial charge is 0.870 e. The summed E-state index contributed by atoms with van der Waals surface area (Å²) in [6.45, 7) is 23.3. The number of hydrogen-bond acceptors (Lipinski definition) is 37. The first-order chi connectivity index (χ1) is 65.9. The number of nitrogens with zero attached hydrogens (tertiary/aromatic N) is 12. The molecule has 7 aliphatic heterocycles. The van der Waals surface area contributed by atoms with Gasteiger partial charge >= 0.3 is 385 Å². The van der Waals surface area contributed by atoms with Gasteiger partial charge in [0.15, 0.2) is 33.3 Å². The van der Waals surface area contributed by atoms with Gasteiger partial charge in [-0.1, -0.05) is 38.5 Å². The van der Waals surface area contributed by atoms with Crippen LogP contribution in [0.1, 0.15) is 206 Å². The first kappa shape index (κ1) is 149. The summed E-state index contributed by atoms with van der Waals surface area (Å²) in [5, 5.41) is 34.8.